The lowest BCUT2D eigenvalue weighted by Crippen LogP contribution is -2.31. The molecule has 3 rings (SSSR count). The molecule has 0 fully saturated rings. The molecular weight excluding hydrogens is 389 g/mol. The van der Waals surface area contributed by atoms with Crippen LogP contribution in [0.5, 0.6) is 0 Å². The van der Waals surface area contributed by atoms with Gasteiger partial charge in [-0.15, -0.1) is 11.3 Å². The summed E-state index contributed by atoms with van der Waals surface area (Å²) in [7, 11) is -2.12. The highest BCUT2D eigenvalue weighted by Crippen LogP contribution is 2.22. The van der Waals surface area contributed by atoms with E-state index in [0.717, 1.165) is 27.4 Å². The number of amides is 1. The molecule has 9 heteroatoms. The summed E-state index contributed by atoms with van der Waals surface area (Å²) in [6.45, 7) is 0.325. The molecule has 0 saturated carbocycles. The lowest BCUT2D eigenvalue weighted by Gasteiger charge is -2.15. The maximum atomic E-state index is 12.9. The van der Waals surface area contributed by atoms with Gasteiger partial charge in [0.1, 0.15) is 10.8 Å². The van der Waals surface area contributed by atoms with Gasteiger partial charge in [0.2, 0.25) is 15.9 Å². The van der Waals surface area contributed by atoms with Crippen LogP contribution in [-0.2, 0) is 21.4 Å². The van der Waals surface area contributed by atoms with E-state index in [1.165, 1.54) is 28.4 Å². The lowest BCUT2D eigenvalue weighted by molar-refractivity contribution is -0.130. The van der Waals surface area contributed by atoms with Crippen molar-refractivity contribution in [1.82, 2.24) is 14.6 Å². The fourth-order valence-corrected chi connectivity index (χ4v) is 4.51. The summed E-state index contributed by atoms with van der Waals surface area (Å²) in [5, 5.41) is 0.818. The van der Waals surface area contributed by atoms with Crippen LogP contribution in [0.15, 0.2) is 53.4 Å². The van der Waals surface area contributed by atoms with Crippen molar-refractivity contribution < 1.29 is 17.6 Å². The summed E-state index contributed by atoms with van der Waals surface area (Å²) in [4.78, 5) is 18.2. The van der Waals surface area contributed by atoms with E-state index >= 15 is 0 Å². The third-order valence-electron chi connectivity index (χ3n) is 3.89. The zero-order valence-corrected chi connectivity index (χ0v) is 16.2. The minimum Gasteiger partial charge on any atom is -0.339 e. The van der Waals surface area contributed by atoms with Crippen LogP contribution >= 0.6 is 11.3 Å². The van der Waals surface area contributed by atoms with Crippen LogP contribution in [-0.4, -0.2) is 37.8 Å². The lowest BCUT2D eigenvalue weighted by atomic mass is 10.3. The van der Waals surface area contributed by atoms with E-state index in [4.69, 9.17) is 0 Å². The molecule has 0 aliphatic rings. The van der Waals surface area contributed by atoms with Crippen molar-refractivity contribution in [3.05, 3.63) is 59.4 Å². The topological polar surface area (TPSA) is 79.4 Å². The van der Waals surface area contributed by atoms with Gasteiger partial charge in [-0.1, -0.05) is 12.1 Å². The van der Waals surface area contributed by atoms with Crippen LogP contribution < -0.4 is 4.72 Å². The first-order chi connectivity index (χ1) is 12.8. The molecule has 0 radical (unpaired) electrons. The van der Waals surface area contributed by atoms with E-state index < -0.39 is 15.8 Å². The number of nitrogens with zero attached hydrogens (tertiary/aromatic N) is 2. The summed E-state index contributed by atoms with van der Waals surface area (Å²) in [5.41, 5.74) is 0.894. The third kappa shape index (κ3) is 4.88. The molecule has 0 atom stereocenters. The smallest absolute Gasteiger partial charge is 0.240 e. The van der Waals surface area contributed by atoms with Gasteiger partial charge in [0, 0.05) is 20.0 Å². The molecule has 142 valence electrons. The SMILES string of the molecule is CN(Cc1nc2ccccc2s1)C(=O)CCNS(=O)(=O)c1ccc(F)cc1. The summed E-state index contributed by atoms with van der Waals surface area (Å²) in [5.74, 6) is -0.711. The Hall–Kier alpha value is -2.36. The molecule has 0 unspecified atom stereocenters. The molecule has 0 spiro atoms. The number of fused-ring (bicyclic) bond motifs is 1. The Kier molecular flexibility index (Phi) is 5.83. The van der Waals surface area contributed by atoms with E-state index in [-0.39, 0.29) is 23.8 Å². The Balaban J connectivity index is 1.53. The first-order valence-corrected chi connectivity index (χ1v) is 10.5. The number of hydrogen-bond acceptors (Lipinski definition) is 5. The number of hydrogen-bond donors (Lipinski definition) is 1. The van der Waals surface area contributed by atoms with Crippen molar-refractivity contribution in [3.63, 3.8) is 0 Å². The van der Waals surface area contributed by atoms with Gasteiger partial charge in [0.15, 0.2) is 0 Å². The normalized spacial score (nSPS) is 11.6. The average Bonchev–Trinajstić information content (AvgIpc) is 3.04. The predicted octanol–water partition coefficient (Wildman–Crippen LogP) is 2.76. The number of nitrogens with one attached hydrogen (secondary N) is 1. The number of aromatic nitrogens is 1. The summed E-state index contributed by atoms with van der Waals surface area (Å²) in [6, 6.07) is 12.2. The van der Waals surface area contributed by atoms with Gasteiger partial charge in [-0.25, -0.2) is 22.5 Å². The fourth-order valence-electron chi connectivity index (χ4n) is 2.46. The zero-order chi connectivity index (χ0) is 19.4. The molecule has 0 aliphatic carbocycles. The van der Waals surface area contributed by atoms with E-state index in [9.17, 15) is 17.6 Å². The number of carbonyl (C=O) groups is 1. The van der Waals surface area contributed by atoms with Crippen molar-refractivity contribution in [1.29, 1.82) is 0 Å². The largest absolute Gasteiger partial charge is 0.339 e. The summed E-state index contributed by atoms with van der Waals surface area (Å²) in [6.07, 6.45) is 0.0157. The third-order valence-corrected chi connectivity index (χ3v) is 6.39. The van der Waals surface area contributed by atoms with Crippen molar-refractivity contribution in [3.8, 4) is 0 Å². The molecule has 0 aliphatic heterocycles. The second kappa shape index (κ2) is 8.12. The molecule has 0 bridgehead atoms. The maximum absolute atomic E-state index is 12.9. The van der Waals surface area contributed by atoms with Crippen molar-refractivity contribution in [2.75, 3.05) is 13.6 Å². The Labute approximate surface area is 160 Å². The first kappa shape index (κ1) is 19.4. The highest BCUT2D eigenvalue weighted by Gasteiger charge is 2.16. The molecule has 1 amide bonds. The summed E-state index contributed by atoms with van der Waals surface area (Å²) < 4.78 is 40.5. The molecule has 1 N–H and O–H groups in total. The molecule has 27 heavy (non-hydrogen) atoms. The van der Waals surface area contributed by atoms with E-state index in [0.29, 0.717) is 6.54 Å². The van der Waals surface area contributed by atoms with Crippen LogP contribution in [0.25, 0.3) is 10.2 Å². The molecule has 0 saturated heterocycles. The van der Waals surface area contributed by atoms with Crippen molar-refractivity contribution in [2.24, 2.45) is 0 Å². The number of benzene rings is 2. The maximum Gasteiger partial charge on any atom is 0.240 e. The number of para-hydroxylation sites is 1. The minimum atomic E-state index is -3.77. The Morgan fingerprint density at radius 2 is 1.89 bits per heavy atom. The van der Waals surface area contributed by atoms with E-state index in [1.807, 2.05) is 24.3 Å². The van der Waals surface area contributed by atoms with Crippen LogP contribution in [0.1, 0.15) is 11.4 Å². The number of halogens is 1. The van der Waals surface area contributed by atoms with Gasteiger partial charge in [0.05, 0.1) is 21.7 Å². The average molecular weight is 407 g/mol. The quantitative estimate of drug-likeness (QED) is 0.653. The number of rotatable bonds is 7. The Morgan fingerprint density at radius 1 is 1.19 bits per heavy atom. The molecule has 2 aromatic carbocycles. The van der Waals surface area contributed by atoms with Gasteiger partial charge in [0.25, 0.3) is 0 Å². The number of sulfonamides is 1. The van der Waals surface area contributed by atoms with Crippen LogP contribution in [0.3, 0.4) is 0 Å². The number of thiazole rings is 1. The molecule has 6 nitrogen and oxygen atoms in total. The standard InChI is InChI=1S/C18H18FN3O3S2/c1-22(12-17-21-15-4-2-3-5-16(15)26-17)18(23)10-11-20-27(24,25)14-8-6-13(19)7-9-14/h2-9,20H,10-12H2,1H3. The highest BCUT2D eigenvalue weighted by molar-refractivity contribution is 7.89. The molecule has 1 aromatic heterocycles. The van der Waals surface area contributed by atoms with Crippen LogP contribution in [0, 0.1) is 5.82 Å². The van der Waals surface area contributed by atoms with E-state index in [2.05, 4.69) is 9.71 Å². The highest BCUT2D eigenvalue weighted by atomic mass is 32.2. The van der Waals surface area contributed by atoms with Gasteiger partial charge in [-0.2, -0.15) is 0 Å². The Bertz CT molecular complexity index is 1020. The van der Waals surface area contributed by atoms with Crippen molar-refractivity contribution in [2.45, 2.75) is 17.9 Å². The molecule has 1 heterocycles. The number of carbonyl (C=O) groups excluding carboxylic acids is 1. The second-order valence-corrected chi connectivity index (χ2v) is 8.81. The Morgan fingerprint density at radius 3 is 2.59 bits per heavy atom. The molecule has 3 aromatic rings. The van der Waals surface area contributed by atoms with E-state index in [1.54, 1.807) is 7.05 Å². The van der Waals surface area contributed by atoms with Gasteiger partial charge in [-0.05, 0) is 36.4 Å². The predicted molar refractivity (Wildman–Crippen MR) is 102 cm³/mol. The minimum absolute atomic E-state index is 0.0157. The van der Waals surface area contributed by atoms with Gasteiger partial charge < -0.3 is 4.90 Å². The zero-order valence-electron chi connectivity index (χ0n) is 14.6. The molecular formula is C18H18FN3O3S2. The van der Waals surface area contributed by atoms with Gasteiger partial charge in [-0.3, -0.25) is 4.79 Å². The van der Waals surface area contributed by atoms with Gasteiger partial charge >= 0.3 is 0 Å². The second-order valence-electron chi connectivity index (χ2n) is 5.93. The fraction of sp³-hybridized carbons (Fsp3) is 0.222. The first-order valence-electron chi connectivity index (χ1n) is 8.19. The monoisotopic (exact) mass is 407 g/mol. The van der Waals surface area contributed by atoms with Crippen molar-refractivity contribution >= 4 is 37.5 Å². The summed E-state index contributed by atoms with van der Waals surface area (Å²) >= 11 is 1.52. The van der Waals surface area contributed by atoms with Crippen LogP contribution in [0.2, 0.25) is 0 Å². The van der Waals surface area contributed by atoms with Crippen LogP contribution in [0.4, 0.5) is 4.39 Å².